The summed E-state index contributed by atoms with van der Waals surface area (Å²) in [5.74, 6) is 3.03. The highest BCUT2D eigenvalue weighted by Gasteiger charge is 2.21. The largest absolute Gasteiger partial charge is 0.366 e. The Balaban J connectivity index is 1.54. The van der Waals surface area contributed by atoms with E-state index in [1.54, 1.807) is 0 Å². The molecule has 1 aliphatic rings. The molecule has 2 heterocycles. The average Bonchev–Trinajstić information content (AvgIpc) is 3.62. The second-order valence-electron chi connectivity index (χ2n) is 11.3. The highest BCUT2D eigenvalue weighted by molar-refractivity contribution is 6.07. The van der Waals surface area contributed by atoms with Crippen LogP contribution in [0.3, 0.4) is 0 Å². The zero-order valence-corrected chi connectivity index (χ0v) is 23.3. The van der Waals surface area contributed by atoms with Gasteiger partial charge in [-0.3, -0.25) is 0 Å². The van der Waals surface area contributed by atoms with Gasteiger partial charge in [-0.05, 0) is 81.3 Å². The summed E-state index contributed by atoms with van der Waals surface area (Å²) in [6.07, 6.45) is 7.43. The summed E-state index contributed by atoms with van der Waals surface area (Å²) in [7, 11) is 0. The van der Waals surface area contributed by atoms with Crippen LogP contribution in [0.25, 0.3) is 21.9 Å². The van der Waals surface area contributed by atoms with E-state index >= 15 is 0 Å². The molecule has 1 saturated carbocycles. The van der Waals surface area contributed by atoms with Gasteiger partial charge in [0.25, 0.3) is 0 Å². The van der Waals surface area contributed by atoms with Crippen molar-refractivity contribution in [2.24, 2.45) is 5.92 Å². The van der Waals surface area contributed by atoms with E-state index in [1.807, 2.05) is 0 Å². The smallest absolute Gasteiger partial charge is 0.155 e. The molecule has 5 rings (SSSR count). The van der Waals surface area contributed by atoms with Crippen LogP contribution in [-0.2, 0) is 19.5 Å². The number of hydrogen-bond acceptors (Lipinski definition) is 4. The summed E-state index contributed by atoms with van der Waals surface area (Å²) in [4.78, 5) is 10.2. The van der Waals surface area contributed by atoms with Crippen LogP contribution in [0.4, 0.5) is 5.82 Å². The lowest BCUT2D eigenvalue weighted by molar-refractivity contribution is 0.612. The van der Waals surface area contributed by atoms with Gasteiger partial charge in [0.05, 0.1) is 11.0 Å². The van der Waals surface area contributed by atoms with Crippen molar-refractivity contribution < 1.29 is 0 Å². The molecule has 2 aromatic heterocycles. The Hall–Kier alpha value is -2.92. The third-order valence-corrected chi connectivity index (χ3v) is 7.67. The van der Waals surface area contributed by atoms with Crippen molar-refractivity contribution >= 4 is 27.8 Å². The number of hydrogen-bond donors (Lipinski definition) is 2. The first kappa shape index (κ1) is 25.7. The van der Waals surface area contributed by atoms with Crippen LogP contribution in [0, 0.1) is 19.8 Å². The molecule has 4 aromatic rings. The molecule has 37 heavy (non-hydrogen) atoms. The van der Waals surface area contributed by atoms with E-state index in [0.717, 1.165) is 67.5 Å². The summed E-state index contributed by atoms with van der Waals surface area (Å²) in [5, 5.41) is 8.41. The molecule has 2 aromatic carbocycles. The van der Waals surface area contributed by atoms with E-state index in [9.17, 15) is 0 Å². The van der Waals surface area contributed by atoms with Crippen LogP contribution < -0.4 is 10.6 Å². The maximum atomic E-state index is 5.22. The molecule has 0 spiro atoms. The second kappa shape index (κ2) is 11.2. The molecule has 5 nitrogen and oxygen atoms in total. The second-order valence-corrected chi connectivity index (χ2v) is 11.3. The molecule has 0 bridgehead atoms. The van der Waals surface area contributed by atoms with Crippen LogP contribution in [0.2, 0.25) is 0 Å². The molecule has 1 fully saturated rings. The van der Waals surface area contributed by atoms with E-state index in [4.69, 9.17) is 9.97 Å². The maximum Gasteiger partial charge on any atom is 0.155 e. The van der Waals surface area contributed by atoms with E-state index in [2.05, 4.69) is 86.2 Å². The minimum Gasteiger partial charge on any atom is -0.366 e. The SMILES string of the molecule is CCCCc1nc2c(NC(C)C)nc3ccccc3c2n1Cc1c(C)cc(CNCCC2CC2)cc1C. The van der Waals surface area contributed by atoms with E-state index in [-0.39, 0.29) is 6.04 Å². The standard InChI is InChI=1S/C32H43N5/c1-6-7-12-29-36-30-31(26-10-8-9-11-28(26)35-32(30)34-21(2)3)37(29)20-27-22(4)17-25(18-23(27)5)19-33-16-15-24-13-14-24/h8-11,17-18,21,24,33H,6-7,12-16,19-20H2,1-5H3,(H,34,35). The van der Waals surface area contributed by atoms with Gasteiger partial charge in [0.2, 0.25) is 0 Å². The van der Waals surface area contributed by atoms with Gasteiger partial charge in [-0.25, -0.2) is 9.97 Å². The fourth-order valence-corrected chi connectivity index (χ4v) is 5.49. The minimum atomic E-state index is 0.288. The van der Waals surface area contributed by atoms with Gasteiger partial charge in [-0.2, -0.15) is 0 Å². The number of para-hydroxylation sites is 1. The Morgan fingerprint density at radius 2 is 1.81 bits per heavy atom. The van der Waals surface area contributed by atoms with E-state index in [1.165, 1.54) is 52.4 Å². The summed E-state index contributed by atoms with van der Waals surface area (Å²) in [5.41, 5.74) is 8.71. The van der Waals surface area contributed by atoms with Gasteiger partial charge in [0.1, 0.15) is 11.3 Å². The van der Waals surface area contributed by atoms with Crippen molar-refractivity contribution in [2.75, 3.05) is 11.9 Å². The lowest BCUT2D eigenvalue weighted by Crippen LogP contribution is -2.16. The molecule has 2 N–H and O–H groups in total. The van der Waals surface area contributed by atoms with Crippen molar-refractivity contribution in [1.82, 2.24) is 19.9 Å². The van der Waals surface area contributed by atoms with Crippen molar-refractivity contribution in [3.05, 3.63) is 64.5 Å². The van der Waals surface area contributed by atoms with Crippen LogP contribution in [0.5, 0.6) is 0 Å². The van der Waals surface area contributed by atoms with Gasteiger partial charge in [-0.15, -0.1) is 0 Å². The minimum absolute atomic E-state index is 0.288. The van der Waals surface area contributed by atoms with Crippen LogP contribution in [0.1, 0.15) is 81.0 Å². The molecule has 0 atom stereocenters. The number of rotatable bonds is 12. The van der Waals surface area contributed by atoms with Crippen molar-refractivity contribution in [2.45, 2.75) is 92.3 Å². The number of pyridine rings is 1. The molecule has 1 aliphatic carbocycles. The molecule has 196 valence electrons. The predicted octanol–water partition coefficient (Wildman–Crippen LogP) is 7.30. The number of aromatic nitrogens is 3. The molecule has 5 heteroatoms. The Morgan fingerprint density at radius 1 is 1.05 bits per heavy atom. The fourth-order valence-electron chi connectivity index (χ4n) is 5.49. The number of nitrogens with zero attached hydrogens (tertiary/aromatic N) is 3. The third kappa shape index (κ3) is 5.82. The molecule has 0 unspecified atom stereocenters. The summed E-state index contributed by atoms with van der Waals surface area (Å²) in [6.45, 7) is 14.0. The predicted molar refractivity (Wildman–Crippen MR) is 156 cm³/mol. The van der Waals surface area contributed by atoms with Gasteiger partial charge < -0.3 is 15.2 Å². The van der Waals surface area contributed by atoms with Crippen LogP contribution in [0.15, 0.2) is 36.4 Å². The Morgan fingerprint density at radius 3 is 2.51 bits per heavy atom. The lowest BCUT2D eigenvalue weighted by atomic mass is 9.98. The Bertz CT molecular complexity index is 1360. The molecule has 0 radical (unpaired) electrons. The summed E-state index contributed by atoms with van der Waals surface area (Å²) in [6, 6.07) is 13.5. The zero-order valence-electron chi connectivity index (χ0n) is 23.3. The van der Waals surface area contributed by atoms with Crippen molar-refractivity contribution in [1.29, 1.82) is 0 Å². The van der Waals surface area contributed by atoms with Gasteiger partial charge >= 0.3 is 0 Å². The monoisotopic (exact) mass is 497 g/mol. The normalized spacial score (nSPS) is 13.8. The van der Waals surface area contributed by atoms with Gasteiger partial charge in [0.15, 0.2) is 5.82 Å². The quantitative estimate of drug-likeness (QED) is 0.202. The first-order valence-corrected chi connectivity index (χ1v) is 14.3. The third-order valence-electron chi connectivity index (χ3n) is 7.67. The summed E-state index contributed by atoms with van der Waals surface area (Å²) >= 11 is 0. The molecular formula is C32H43N5. The first-order valence-electron chi connectivity index (χ1n) is 14.3. The fraction of sp³-hybridized carbons (Fsp3) is 0.500. The first-order chi connectivity index (χ1) is 17.9. The highest BCUT2D eigenvalue weighted by Crippen LogP contribution is 2.33. The number of unbranched alkanes of at least 4 members (excludes halogenated alkanes) is 1. The topological polar surface area (TPSA) is 54.8 Å². The molecular weight excluding hydrogens is 454 g/mol. The number of benzene rings is 2. The average molecular weight is 498 g/mol. The van der Waals surface area contributed by atoms with Crippen LogP contribution >= 0.6 is 0 Å². The van der Waals surface area contributed by atoms with E-state index < -0.39 is 0 Å². The van der Waals surface area contributed by atoms with Gasteiger partial charge in [-0.1, -0.05) is 56.5 Å². The number of anilines is 1. The van der Waals surface area contributed by atoms with Gasteiger partial charge in [0, 0.05) is 30.9 Å². The number of aryl methyl sites for hydroxylation is 3. The zero-order chi connectivity index (χ0) is 25.9. The number of fused-ring (bicyclic) bond motifs is 3. The molecule has 0 aliphatic heterocycles. The lowest BCUT2D eigenvalue weighted by Gasteiger charge is -2.17. The Labute approximate surface area is 222 Å². The number of imidazole rings is 1. The van der Waals surface area contributed by atoms with Crippen LogP contribution in [-0.4, -0.2) is 27.1 Å². The molecule has 0 saturated heterocycles. The highest BCUT2D eigenvalue weighted by atomic mass is 15.1. The van der Waals surface area contributed by atoms with Crippen molar-refractivity contribution in [3.8, 4) is 0 Å². The van der Waals surface area contributed by atoms with E-state index in [0.29, 0.717) is 0 Å². The van der Waals surface area contributed by atoms with Crippen molar-refractivity contribution in [3.63, 3.8) is 0 Å². The summed E-state index contributed by atoms with van der Waals surface area (Å²) < 4.78 is 2.48. The number of nitrogens with one attached hydrogen (secondary N) is 2. The maximum absolute atomic E-state index is 5.22. The molecule has 0 amide bonds. The Kier molecular flexibility index (Phi) is 7.80.